The van der Waals surface area contributed by atoms with Crippen LogP contribution in [-0.2, 0) is 29.2 Å². The summed E-state index contributed by atoms with van der Waals surface area (Å²) < 4.78 is 27.8. The lowest BCUT2D eigenvalue weighted by Crippen LogP contribution is -3.16. The number of nitrogens with one attached hydrogen (secondary N) is 5. The Morgan fingerprint density at radius 2 is 1.45 bits per heavy atom. The number of amides is 5. The minimum absolute atomic E-state index is 0.0247. The zero-order chi connectivity index (χ0) is 36.4. The summed E-state index contributed by atoms with van der Waals surface area (Å²) in [6.45, 7) is 2.37. The maximum Gasteiger partial charge on any atom is 0.315 e. The van der Waals surface area contributed by atoms with Crippen LogP contribution in [0.3, 0.4) is 0 Å². The maximum absolute atomic E-state index is 14.6. The molecule has 6 fully saturated rings. The van der Waals surface area contributed by atoms with E-state index < -0.39 is 62.7 Å². The van der Waals surface area contributed by atoms with Crippen molar-refractivity contribution in [3.05, 3.63) is 0 Å². The van der Waals surface area contributed by atoms with Gasteiger partial charge in [0.15, 0.2) is 0 Å². The van der Waals surface area contributed by atoms with Crippen molar-refractivity contribution in [3.8, 4) is 0 Å². The SMILES string of the molecule is C[NH+](C1CCC1)S(=O)(=O)CC1(NC(=O)N[C@H](C(=O)N2CCC[C@H]2C(=O)NC(CC2CC2)C(=O)C(=O)NC2CC2)C2(C)CCCCC2)CCCCC1. The van der Waals surface area contributed by atoms with Crippen molar-refractivity contribution in [1.29, 1.82) is 0 Å². The van der Waals surface area contributed by atoms with E-state index in [0.717, 1.165) is 96.3 Å². The van der Waals surface area contributed by atoms with Crippen LogP contribution in [0.5, 0.6) is 0 Å². The number of carbonyl (C=O) groups excluding carboxylic acids is 5. The molecule has 13 nitrogen and oxygen atoms in total. The second-order valence-corrected chi connectivity index (χ2v) is 19.3. The molecule has 0 spiro atoms. The molecule has 6 rings (SSSR count). The first-order chi connectivity index (χ1) is 24.3. The summed E-state index contributed by atoms with van der Waals surface area (Å²) in [4.78, 5) is 69.9. The smallest absolute Gasteiger partial charge is 0.315 e. The number of carbonyl (C=O) groups is 5. The quantitative estimate of drug-likeness (QED) is 0.160. The van der Waals surface area contributed by atoms with Crippen LogP contribution in [0.15, 0.2) is 0 Å². The lowest BCUT2D eigenvalue weighted by molar-refractivity contribution is -0.783. The molecule has 4 atom stereocenters. The number of urea groups is 1. The molecular weight excluding hydrogens is 673 g/mol. The summed E-state index contributed by atoms with van der Waals surface area (Å²) >= 11 is 0. The molecule has 0 bridgehead atoms. The van der Waals surface area contributed by atoms with Crippen LogP contribution in [-0.4, -0.2) is 97.9 Å². The number of quaternary nitrogens is 1. The van der Waals surface area contributed by atoms with Gasteiger partial charge in [0.1, 0.15) is 23.9 Å². The Hall–Kier alpha value is -2.74. The number of nitrogens with zero attached hydrogens (tertiary/aromatic N) is 1. The summed E-state index contributed by atoms with van der Waals surface area (Å²) in [7, 11) is -1.83. The highest BCUT2D eigenvalue weighted by Gasteiger charge is 2.49. The molecule has 5 amide bonds. The molecule has 0 aromatic rings. The van der Waals surface area contributed by atoms with Gasteiger partial charge in [-0.15, -0.1) is 0 Å². The standard InChI is InChI=1S/C37H60N6O7S/c1-36(18-5-3-6-19-36)31(40-35(48)41-37(20-7-4-8-21-37)24-51(49,50)42(2)27-11-9-12-27)34(47)43-22-10-13-29(43)32(45)39-28(23-25-14-15-25)30(44)33(46)38-26-16-17-26/h25-29,31H,3-24H2,1-2H3,(H,38,46)(H,39,45)(H2,40,41,48)/p+1/t28?,29-,31+/m0/s1. The van der Waals surface area contributed by atoms with E-state index in [1.807, 2.05) is 6.92 Å². The molecule has 2 unspecified atom stereocenters. The number of likely N-dealkylation sites (tertiary alicyclic amines) is 1. The van der Waals surface area contributed by atoms with Crippen molar-refractivity contribution in [2.24, 2.45) is 11.3 Å². The molecule has 0 radical (unpaired) electrons. The molecule has 1 aliphatic heterocycles. The topological polar surface area (TPSA) is 175 Å². The van der Waals surface area contributed by atoms with E-state index >= 15 is 0 Å². The highest BCUT2D eigenvalue weighted by molar-refractivity contribution is 7.85. The van der Waals surface area contributed by atoms with Gasteiger partial charge in [0.05, 0.1) is 18.6 Å². The summed E-state index contributed by atoms with van der Waals surface area (Å²) in [5.74, 6) is -1.93. The number of rotatable bonds is 15. The Morgan fingerprint density at radius 1 is 0.804 bits per heavy atom. The van der Waals surface area contributed by atoms with E-state index in [1.54, 1.807) is 11.9 Å². The molecule has 0 aromatic heterocycles. The van der Waals surface area contributed by atoms with Crippen molar-refractivity contribution >= 4 is 39.6 Å². The van der Waals surface area contributed by atoms with Gasteiger partial charge >= 0.3 is 6.03 Å². The molecule has 5 N–H and O–H groups in total. The Kier molecular flexibility index (Phi) is 11.7. The lowest BCUT2D eigenvalue weighted by Gasteiger charge is -2.43. The number of Topliss-reactive ketones (excluding diaryl/α,β-unsaturated/α-hetero) is 1. The van der Waals surface area contributed by atoms with Crippen LogP contribution in [0.25, 0.3) is 0 Å². The number of hydrogen-bond acceptors (Lipinski definition) is 7. The zero-order valence-corrected chi connectivity index (χ0v) is 31.6. The van der Waals surface area contributed by atoms with Gasteiger partial charge in [0.2, 0.25) is 17.6 Å². The van der Waals surface area contributed by atoms with E-state index in [1.165, 1.54) is 0 Å². The molecule has 51 heavy (non-hydrogen) atoms. The molecule has 0 aromatic carbocycles. The third kappa shape index (κ3) is 9.26. The second kappa shape index (κ2) is 15.7. The largest absolute Gasteiger partial charge is 0.347 e. The average molecular weight is 734 g/mol. The first kappa shape index (κ1) is 38.0. The first-order valence-electron chi connectivity index (χ1n) is 19.9. The maximum atomic E-state index is 14.6. The fourth-order valence-corrected chi connectivity index (χ4v) is 11.0. The highest BCUT2D eigenvalue weighted by atomic mass is 32.2. The summed E-state index contributed by atoms with van der Waals surface area (Å²) in [6, 6.07) is -3.11. The normalized spacial score (nSPS) is 26.5. The Morgan fingerprint density at radius 3 is 2.04 bits per heavy atom. The van der Waals surface area contributed by atoms with Crippen LogP contribution in [0.4, 0.5) is 4.79 Å². The summed E-state index contributed by atoms with van der Waals surface area (Å²) in [6.07, 6.45) is 15.9. The summed E-state index contributed by atoms with van der Waals surface area (Å²) in [5.41, 5.74) is -1.47. The lowest BCUT2D eigenvalue weighted by atomic mass is 9.70. The van der Waals surface area contributed by atoms with E-state index in [4.69, 9.17) is 0 Å². The Balaban J connectivity index is 1.17. The Bertz CT molecular complexity index is 1430. The molecule has 1 heterocycles. The van der Waals surface area contributed by atoms with Crippen LogP contribution in [0.1, 0.15) is 135 Å². The van der Waals surface area contributed by atoms with Crippen molar-refractivity contribution in [3.63, 3.8) is 0 Å². The predicted octanol–water partition coefficient (Wildman–Crippen LogP) is 1.85. The Labute approximate surface area is 303 Å². The van der Waals surface area contributed by atoms with Crippen molar-refractivity contribution < 1.29 is 36.7 Å². The van der Waals surface area contributed by atoms with E-state index in [-0.39, 0.29) is 29.7 Å². The summed E-state index contributed by atoms with van der Waals surface area (Å²) in [5, 5.41) is 11.8. The third-order valence-electron chi connectivity index (χ3n) is 12.9. The number of hydrogen-bond donors (Lipinski definition) is 5. The number of ketones is 1. The molecular formula is C37H61N6O7S+. The van der Waals surface area contributed by atoms with Crippen molar-refractivity contribution in [2.45, 2.75) is 171 Å². The minimum Gasteiger partial charge on any atom is -0.347 e. The molecule has 1 saturated heterocycles. The fourth-order valence-electron chi connectivity index (χ4n) is 8.97. The van der Waals surface area contributed by atoms with E-state index in [0.29, 0.717) is 43.0 Å². The van der Waals surface area contributed by atoms with Gasteiger partial charge in [-0.1, -0.05) is 58.3 Å². The zero-order valence-electron chi connectivity index (χ0n) is 30.7. The van der Waals surface area contributed by atoms with E-state index in [2.05, 4.69) is 21.3 Å². The van der Waals surface area contributed by atoms with Crippen LogP contribution in [0.2, 0.25) is 0 Å². The van der Waals surface area contributed by atoms with Gasteiger partial charge in [0.25, 0.3) is 15.9 Å². The van der Waals surface area contributed by atoms with Crippen LogP contribution >= 0.6 is 0 Å². The van der Waals surface area contributed by atoms with Gasteiger partial charge in [0, 0.05) is 25.4 Å². The van der Waals surface area contributed by atoms with Crippen LogP contribution in [0, 0.1) is 11.3 Å². The fraction of sp³-hybridized carbons (Fsp3) is 0.865. The van der Waals surface area contributed by atoms with Gasteiger partial charge in [-0.25, -0.2) is 9.10 Å². The third-order valence-corrected chi connectivity index (χ3v) is 15.2. The molecule has 14 heteroatoms. The van der Waals surface area contributed by atoms with Crippen molar-refractivity contribution in [1.82, 2.24) is 26.2 Å². The van der Waals surface area contributed by atoms with Crippen LogP contribution < -0.4 is 25.6 Å². The first-order valence-corrected chi connectivity index (χ1v) is 21.5. The minimum atomic E-state index is -3.55. The molecule has 5 saturated carbocycles. The molecule has 5 aliphatic carbocycles. The average Bonchev–Trinajstić information content (AvgIpc) is 4.01. The highest BCUT2D eigenvalue weighted by Crippen LogP contribution is 2.41. The van der Waals surface area contributed by atoms with Gasteiger partial charge in [-0.2, -0.15) is 8.42 Å². The molecule has 286 valence electrons. The number of sulfonamides is 1. The predicted molar refractivity (Wildman–Crippen MR) is 191 cm³/mol. The van der Waals surface area contributed by atoms with E-state index in [9.17, 15) is 32.4 Å². The molecule has 6 aliphatic rings. The van der Waals surface area contributed by atoms with Gasteiger partial charge < -0.3 is 26.2 Å². The van der Waals surface area contributed by atoms with Gasteiger partial charge in [-0.05, 0) is 75.5 Å². The second-order valence-electron chi connectivity index (χ2n) is 17.1. The van der Waals surface area contributed by atoms with Crippen molar-refractivity contribution in [2.75, 3.05) is 19.3 Å². The van der Waals surface area contributed by atoms with Gasteiger partial charge in [-0.3, -0.25) is 19.2 Å². The monoisotopic (exact) mass is 733 g/mol.